The Morgan fingerprint density at radius 1 is 0.774 bits per heavy atom. The van der Waals surface area contributed by atoms with Gasteiger partial charge in [0.25, 0.3) is 0 Å². The molecule has 3 aromatic carbocycles. The first-order valence-electron chi connectivity index (χ1n) is 9.43. The van der Waals surface area contributed by atoms with Crippen LogP contribution < -0.4 is 24.6 Å². The second-order valence-corrected chi connectivity index (χ2v) is 6.77. The molecule has 8 nitrogen and oxygen atoms in total. The lowest BCUT2D eigenvalue weighted by atomic mass is 10.0. The van der Waals surface area contributed by atoms with Crippen molar-refractivity contribution in [2.75, 3.05) is 28.4 Å². The molecule has 0 atom stereocenters. The lowest BCUT2D eigenvalue weighted by Gasteiger charge is -2.14. The van der Waals surface area contributed by atoms with Crippen molar-refractivity contribution < 1.29 is 24.1 Å². The number of aromatic hydroxyl groups is 1. The number of fused-ring (bicyclic) bond motifs is 1. The van der Waals surface area contributed by atoms with E-state index in [1.807, 2.05) is 24.3 Å². The maximum Gasteiger partial charge on any atom is 0.331 e. The number of aromatic amines is 1. The van der Waals surface area contributed by atoms with Crippen molar-refractivity contribution in [3.63, 3.8) is 0 Å². The molecule has 0 saturated carbocycles. The molecule has 2 N–H and O–H groups in total. The number of phenols is 1. The number of hydrogen-bond donors (Lipinski definition) is 2. The van der Waals surface area contributed by atoms with Gasteiger partial charge >= 0.3 is 5.69 Å². The Hall–Kier alpha value is -4.07. The highest BCUT2D eigenvalue weighted by Gasteiger charge is 2.17. The maximum absolute atomic E-state index is 12.8. The van der Waals surface area contributed by atoms with Crippen LogP contribution in [0.1, 0.15) is 0 Å². The van der Waals surface area contributed by atoms with Crippen LogP contribution in [0.3, 0.4) is 0 Å². The zero-order valence-electron chi connectivity index (χ0n) is 17.6. The maximum atomic E-state index is 12.8. The number of benzene rings is 3. The number of imidazole rings is 1. The number of H-pyrrole nitrogens is 1. The molecule has 160 valence electrons. The van der Waals surface area contributed by atoms with E-state index in [0.717, 1.165) is 11.1 Å². The number of aromatic nitrogens is 2. The van der Waals surface area contributed by atoms with Crippen LogP contribution in [0.5, 0.6) is 28.7 Å². The minimum absolute atomic E-state index is 0.0381. The van der Waals surface area contributed by atoms with Crippen molar-refractivity contribution in [1.29, 1.82) is 0 Å². The molecule has 0 radical (unpaired) electrons. The number of hydrogen-bond acceptors (Lipinski definition) is 6. The van der Waals surface area contributed by atoms with Gasteiger partial charge in [-0.1, -0.05) is 12.1 Å². The molecule has 0 aliphatic heterocycles. The third-order valence-corrected chi connectivity index (χ3v) is 5.10. The lowest BCUT2D eigenvalue weighted by molar-refractivity contribution is 0.324. The van der Waals surface area contributed by atoms with E-state index in [0.29, 0.717) is 39.7 Å². The molecule has 8 heteroatoms. The molecular weight excluding hydrogens is 400 g/mol. The fourth-order valence-electron chi connectivity index (χ4n) is 3.60. The van der Waals surface area contributed by atoms with Gasteiger partial charge in [-0.15, -0.1) is 0 Å². The molecule has 0 spiro atoms. The summed E-state index contributed by atoms with van der Waals surface area (Å²) in [5.74, 6) is 1.75. The highest BCUT2D eigenvalue weighted by Crippen LogP contribution is 2.40. The highest BCUT2D eigenvalue weighted by atomic mass is 16.5. The van der Waals surface area contributed by atoms with E-state index in [9.17, 15) is 9.90 Å². The minimum atomic E-state index is -0.306. The SMILES string of the molecule is COc1ccc(-c2ccc3[nH]c(=O)n(-c4cc(OC)c(OC)c(OC)c4)c3c2)cc1O. The van der Waals surface area contributed by atoms with E-state index in [1.54, 1.807) is 24.3 Å². The summed E-state index contributed by atoms with van der Waals surface area (Å²) in [4.78, 5) is 15.7. The van der Waals surface area contributed by atoms with E-state index < -0.39 is 0 Å². The van der Waals surface area contributed by atoms with Crippen LogP contribution >= 0.6 is 0 Å². The summed E-state index contributed by atoms with van der Waals surface area (Å²) in [5, 5.41) is 10.1. The van der Waals surface area contributed by atoms with Gasteiger partial charge in [0.15, 0.2) is 23.0 Å². The van der Waals surface area contributed by atoms with Gasteiger partial charge in [0.1, 0.15) is 0 Å². The normalized spacial score (nSPS) is 10.8. The first kappa shape index (κ1) is 20.2. The predicted molar refractivity (Wildman–Crippen MR) is 117 cm³/mol. The fraction of sp³-hybridized carbons (Fsp3) is 0.174. The standard InChI is InChI=1S/C23H22N2O6/c1-28-19-8-6-14(10-18(19)26)13-5-7-16-17(9-13)25(23(27)24-16)15-11-20(29-2)22(31-4)21(12-15)30-3/h5-12,26H,1-4H3,(H,24,27). The first-order valence-corrected chi connectivity index (χ1v) is 9.43. The van der Waals surface area contributed by atoms with Crippen LogP contribution in [-0.2, 0) is 0 Å². The number of rotatable bonds is 6. The Balaban J connectivity index is 1.92. The number of phenolic OH excluding ortho intramolecular Hbond substituents is 1. The number of ether oxygens (including phenoxy) is 4. The Morgan fingerprint density at radius 3 is 1.97 bits per heavy atom. The van der Waals surface area contributed by atoms with Crippen LogP contribution in [0, 0.1) is 0 Å². The van der Waals surface area contributed by atoms with Crippen molar-refractivity contribution >= 4 is 11.0 Å². The number of nitrogens with zero attached hydrogens (tertiary/aromatic N) is 1. The van der Waals surface area contributed by atoms with Gasteiger partial charge in [-0.2, -0.15) is 0 Å². The predicted octanol–water partition coefficient (Wildman–Crippen LogP) is 3.73. The van der Waals surface area contributed by atoms with Crippen LogP contribution in [0.15, 0.2) is 53.3 Å². The monoisotopic (exact) mass is 422 g/mol. The molecule has 0 bridgehead atoms. The topological polar surface area (TPSA) is 94.9 Å². The molecule has 4 rings (SSSR count). The molecule has 0 saturated heterocycles. The third kappa shape index (κ3) is 3.42. The van der Waals surface area contributed by atoms with Crippen molar-refractivity contribution in [2.45, 2.75) is 0 Å². The van der Waals surface area contributed by atoms with Gasteiger partial charge in [0.2, 0.25) is 5.75 Å². The summed E-state index contributed by atoms with van der Waals surface area (Å²) >= 11 is 0. The zero-order valence-corrected chi connectivity index (χ0v) is 17.6. The summed E-state index contributed by atoms with van der Waals surface area (Å²) in [7, 11) is 6.06. The second-order valence-electron chi connectivity index (χ2n) is 6.77. The largest absolute Gasteiger partial charge is 0.504 e. The second kappa shape index (κ2) is 7.98. The van der Waals surface area contributed by atoms with Gasteiger partial charge in [-0.25, -0.2) is 4.79 Å². The highest BCUT2D eigenvalue weighted by molar-refractivity contribution is 5.84. The van der Waals surface area contributed by atoms with E-state index in [2.05, 4.69) is 4.98 Å². The molecule has 0 amide bonds. The van der Waals surface area contributed by atoms with E-state index >= 15 is 0 Å². The Kier molecular flexibility index (Phi) is 5.21. The van der Waals surface area contributed by atoms with Crippen LogP contribution in [-0.4, -0.2) is 43.1 Å². The van der Waals surface area contributed by atoms with Crippen molar-refractivity contribution in [2.24, 2.45) is 0 Å². The molecule has 4 aromatic rings. The smallest absolute Gasteiger partial charge is 0.331 e. The Bertz CT molecular complexity index is 1300. The van der Waals surface area contributed by atoms with Crippen molar-refractivity contribution in [3.8, 4) is 45.6 Å². The minimum Gasteiger partial charge on any atom is -0.504 e. The van der Waals surface area contributed by atoms with Gasteiger partial charge in [0, 0.05) is 12.1 Å². The first-order chi connectivity index (χ1) is 15.0. The summed E-state index contributed by atoms with van der Waals surface area (Å²) in [6.45, 7) is 0. The average Bonchev–Trinajstić information content (AvgIpc) is 3.12. The molecule has 0 unspecified atom stereocenters. The van der Waals surface area contributed by atoms with Gasteiger partial charge in [0.05, 0.1) is 45.2 Å². The summed E-state index contributed by atoms with van der Waals surface area (Å²) in [6, 6.07) is 14.1. The van der Waals surface area contributed by atoms with Crippen molar-refractivity contribution in [3.05, 3.63) is 59.0 Å². The van der Waals surface area contributed by atoms with Gasteiger partial charge in [-0.3, -0.25) is 4.57 Å². The fourth-order valence-corrected chi connectivity index (χ4v) is 3.60. The van der Waals surface area contributed by atoms with Crippen LogP contribution in [0.4, 0.5) is 0 Å². The average molecular weight is 422 g/mol. The Labute approximate surface area is 178 Å². The lowest BCUT2D eigenvalue weighted by Crippen LogP contribution is -2.15. The zero-order chi connectivity index (χ0) is 22.1. The van der Waals surface area contributed by atoms with Crippen LogP contribution in [0.2, 0.25) is 0 Å². The molecule has 1 aromatic heterocycles. The molecule has 31 heavy (non-hydrogen) atoms. The molecule has 0 aliphatic carbocycles. The quantitative estimate of drug-likeness (QED) is 0.492. The number of nitrogens with one attached hydrogen (secondary N) is 1. The summed E-state index contributed by atoms with van der Waals surface area (Å²) in [5.41, 5.74) is 3.18. The van der Waals surface area contributed by atoms with Crippen LogP contribution in [0.25, 0.3) is 27.8 Å². The molecular formula is C23H22N2O6. The van der Waals surface area contributed by atoms with Gasteiger partial charge < -0.3 is 29.0 Å². The Morgan fingerprint density at radius 2 is 1.39 bits per heavy atom. The third-order valence-electron chi connectivity index (χ3n) is 5.10. The van der Waals surface area contributed by atoms with E-state index in [4.69, 9.17) is 18.9 Å². The van der Waals surface area contributed by atoms with E-state index in [1.165, 1.54) is 33.0 Å². The summed E-state index contributed by atoms with van der Waals surface area (Å²) < 4.78 is 22.9. The number of methoxy groups -OCH3 is 4. The van der Waals surface area contributed by atoms with Crippen molar-refractivity contribution in [1.82, 2.24) is 9.55 Å². The molecule has 0 fully saturated rings. The summed E-state index contributed by atoms with van der Waals surface area (Å²) in [6.07, 6.45) is 0. The van der Waals surface area contributed by atoms with Gasteiger partial charge in [-0.05, 0) is 35.4 Å². The molecule has 0 aliphatic rings. The van der Waals surface area contributed by atoms with E-state index in [-0.39, 0.29) is 11.4 Å². The molecule has 1 heterocycles.